The third-order valence-electron chi connectivity index (χ3n) is 4.38. The Morgan fingerprint density at radius 3 is 2.70 bits per heavy atom. The molecule has 1 heterocycles. The molecule has 3 rings (SSSR count). The summed E-state index contributed by atoms with van der Waals surface area (Å²) in [6.45, 7) is 2.68. The molecule has 2 aromatic carbocycles. The molecule has 0 spiro atoms. The fourth-order valence-corrected chi connectivity index (χ4v) is 3.01. The number of aromatic nitrogens is 1. The molecule has 140 valence electrons. The molecule has 0 saturated carbocycles. The van der Waals surface area contributed by atoms with Gasteiger partial charge in [0.2, 0.25) is 5.91 Å². The number of carbonyl (C=O) groups excluding carboxylic acids is 1. The zero-order chi connectivity index (χ0) is 19.2. The first-order valence-electron chi connectivity index (χ1n) is 8.70. The van der Waals surface area contributed by atoms with Crippen LogP contribution in [0.4, 0.5) is 0 Å². The van der Waals surface area contributed by atoms with Crippen LogP contribution >= 0.6 is 0 Å². The minimum atomic E-state index is -0.137. The van der Waals surface area contributed by atoms with Crippen LogP contribution in [0, 0.1) is 6.92 Å². The van der Waals surface area contributed by atoms with Gasteiger partial charge in [0.15, 0.2) is 11.5 Å². The molecule has 1 N–H and O–H groups in total. The van der Waals surface area contributed by atoms with Gasteiger partial charge in [0.1, 0.15) is 0 Å². The van der Waals surface area contributed by atoms with Gasteiger partial charge in [-0.2, -0.15) is 5.10 Å². The smallest absolute Gasteiger partial charge is 0.241 e. The second-order valence-electron chi connectivity index (χ2n) is 6.18. The number of hydrogen-bond donors (Lipinski definition) is 1. The van der Waals surface area contributed by atoms with Crippen molar-refractivity contribution in [2.24, 2.45) is 5.10 Å². The summed E-state index contributed by atoms with van der Waals surface area (Å²) in [5.41, 5.74) is 5.71. The number of benzene rings is 2. The quantitative estimate of drug-likeness (QED) is 0.515. The molecular formula is C21H23N3O3. The molecule has 0 saturated heterocycles. The Labute approximate surface area is 158 Å². The number of rotatable bonds is 7. The molecule has 0 aliphatic rings. The molecule has 0 aliphatic carbocycles. The highest BCUT2D eigenvalue weighted by Crippen LogP contribution is 2.26. The number of fused-ring (bicyclic) bond motifs is 1. The van der Waals surface area contributed by atoms with Crippen LogP contribution in [0.25, 0.3) is 10.9 Å². The fraction of sp³-hybridized carbons (Fsp3) is 0.238. The van der Waals surface area contributed by atoms with Crippen LogP contribution in [0.3, 0.4) is 0 Å². The van der Waals surface area contributed by atoms with Gasteiger partial charge in [0, 0.05) is 30.1 Å². The summed E-state index contributed by atoms with van der Waals surface area (Å²) in [5, 5.41) is 5.23. The van der Waals surface area contributed by atoms with E-state index in [2.05, 4.69) is 40.3 Å². The number of nitrogens with zero attached hydrogens (tertiary/aromatic N) is 2. The van der Waals surface area contributed by atoms with Gasteiger partial charge in [-0.1, -0.05) is 18.2 Å². The molecule has 0 aliphatic heterocycles. The lowest BCUT2D eigenvalue weighted by Crippen LogP contribution is -2.19. The lowest BCUT2D eigenvalue weighted by molar-refractivity contribution is -0.121. The average Bonchev–Trinajstić information content (AvgIpc) is 3.02. The topological polar surface area (TPSA) is 64.8 Å². The lowest BCUT2D eigenvalue weighted by atomic mass is 10.2. The predicted molar refractivity (Wildman–Crippen MR) is 107 cm³/mol. The summed E-state index contributed by atoms with van der Waals surface area (Å²) in [6.07, 6.45) is 4.00. The summed E-state index contributed by atoms with van der Waals surface area (Å²) in [4.78, 5) is 12.1. The van der Waals surface area contributed by atoms with Crippen molar-refractivity contribution in [2.75, 3.05) is 14.2 Å². The van der Waals surface area contributed by atoms with Crippen LogP contribution in [0.1, 0.15) is 17.5 Å². The van der Waals surface area contributed by atoms with Crippen molar-refractivity contribution in [3.05, 3.63) is 59.8 Å². The maximum atomic E-state index is 12.1. The van der Waals surface area contributed by atoms with Crippen LogP contribution in [-0.2, 0) is 11.3 Å². The Hall–Kier alpha value is -3.28. The van der Waals surface area contributed by atoms with Crippen molar-refractivity contribution in [3.8, 4) is 11.5 Å². The number of amides is 1. The van der Waals surface area contributed by atoms with E-state index >= 15 is 0 Å². The SMILES string of the molecule is COc1ccc(C=NNC(=O)CCn2cc(C)c3ccccc32)cc1OC. The summed E-state index contributed by atoms with van der Waals surface area (Å²) in [5.74, 6) is 1.12. The standard InChI is InChI=1S/C21H23N3O3/c1-15-14-24(18-7-5-4-6-17(15)18)11-10-21(25)23-22-13-16-8-9-19(26-2)20(12-16)27-3/h4-9,12-14H,10-11H2,1-3H3,(H,23,25). The maximum absolute atomic E-state index is 12.1. The van der Waals surface area contributed by atoms with E-state index in [9.17, 15) is 4.79 Å². The van der Waals surface area contributed by atoms with E-state index in [4.69, 9.17) is 9.47 Å². The van der Waals surface area contributed by atoms with Gasteiger partial charge in [-0.3, -0.25) is 4.79 Å². The van der Waals surface area contributed by atoms with E-state index in [-0.39, 0.29) is 5.91 Å². The van der Waals surface area contributed by atoms with Gasteiger partial charge in [-0.05, 0) is 42.3 Å². The highest BCUT2D eigenvalue weighted by Gasteiger charge is 2.07. The van der Waals surface area contributed by atoms with E-state index < -0.39 is 0 Å². The number of ether oxygens (including phenoxy) is 2. The summed E-state index contributed by atoms with van der Waals surface area (Å²) in [7, 11) is 3.16. The van der Waals surface area contributed by atoms with Crippen molar-refractivity contribution in [2.45, 2.75) is 19.9 Å². The van der Waals surface area contributed by atoms with Gasteiger partial charge >= 0.3 is 0 Å². The normalized spacial score (nSPS) is 11.1. The Morgan fingerprint density at radius 2 is 1.93 bits per heavy atom. The van der Waals surface area contributed by atoms with Crippen molar-refractivity contribution >= 4 is 23.0 Å². The largest absolute Gasteiger partial charge is 0.493 e. The first-order valence-corrected chi connectivity index (χ1v) is 8.70. The lowest BCUT2D eigenvalue weighted by Gasteiger charge is -2.07. The molecule has 0 bridgehead atoms. The number of hydrogen-bond acceptors (Lipinski definition) is 4. The second kappa shape index (κ2) is 8.40. The highest BCUT2D eigenvalue weighted by molar-refractivity contribution is 5.85. The Balaban J connectivity index is 1.57. The number of nitrogens with one attached hydrogen (secondary N) is 1. The van der Waals surface area contributed by atoms with Gasteiger partial charge in [0.25, 0.3) is 0 Å². The average molecular weight is 365 g/mol. The molecule has 1 aromatic heterocycles. The Bertz CT molecular complexity index is 976. The molecule has 0 unspecified atom stereocenters. The Kier molecular flexibility index (Phi) is 5.76. The van der Waals surface area contributed by atoms with Crippen molar-refractivity contribution in [3.63, 3.8) is 0 Å². The minimum Gasteiger partial charge on any atom is -0.493 e. The number of hydrazone groups is 1. The van der Waals surface area contributed by atoms with Crippen molar-refractivity contribution in [1.29, 1.82) is 0 Å². The molecular weight excluding hydrogens is 342 g/mol. The number of para-hydroxylation sites is 1. The van der Waals surface area contributed by atoms with Crippen molar-refractivity contribution < 1.29 is 14.3 Å². The van der Waals surface area contributed by atoms with Gasteiger partial charge in [0.05, 0.1) is 20.4 Å². The van der Waals surface area contributed by atoms with Gasteiger partial charge < -0.3 is 14.0 Å². The van der Waals surface area contributed by atoms with Crippen LogP contribution in [0.5, 0.6) is 11.5 Å². The van der Waals surface area contributed by atoms with E-state index in [0.717, 1.165) is 11.1 Å². The number of aryl methyl sites for hydroxylation is 2. The zero-order valence-electron chi connectivity index (χ0n) is 15.7. The molecule has 1 amide bonds. The maximum Gasteiger partial charge on any atom is 0.241 e. The van der Waals surface area contributed by atoms with Crippen molar-refractivity contribution in [1.82, 2.24) is 9.99 Å². The fourth-order valence-electron chi connectivity index (χ4n) is 3.01. The van der Waals surface area contributed by atoms with Crippen LogP contribution in [0.15, 0.2) is 53.8 Å². The summed E-state index contributed by atoms with van der Waals surface area (Å²) in [6, 6.07) is 13.6. The molecule has 0 atom stereocenters. The van der Waals surface area contributed by atoms with E-state index in [1.807, 2.05) is 18.2 Å². The highest BCUT2D eigenvalue weighted by atomic mass is 16.5. The third-order valence-corrected chi connectivity index (χ3v) is 4.38. The van der Waals surface area contributed by atoms with Crippen LogP contribution < -0.4 is 14.9 Å². The second-order valence-corrected chi connectivity index (χ2v) is 6.18. The monoisotopic (exact) mass is 365 g/mol. The summed E-state index contributed by atoms with van der Waals surface area (Å²) >= 11 is 0. The van der Waals surface area contributed by atoms with E-state index in [0.29, 0.717) is 24.5 Å². The number of carbonyl (C=O) groups is 1. The minimum absolute atomic E-state index is 0.137. The molecule has 6 heteroatoms. The van der Waals surface area contributed by atoms with Gasteiger partial charge in [-0.15, -0.1) is 0 Å². The predicted octanol–water partition coefficient (Wildman–Crippen LogP) is 3.51. The molecule has 6 nitrogen and oxygen atoms in total. The molecule has 27 heavy (non-hydrogen) atoms. The third kappa shape index (κ3) is 4.28. The van der Waals surface area contributed by atoms with Crippen LogP contribution in [-0.4, -0.2) is 30.9 Å². The van der Waals surface area contributed by atoms with Crippen LogP contribution in [0.2, 0.25) is 0 Å². The zero-order valence-corrected chi connectivity index (χ0v) is 15.7. The van der Waals surface area contributed by atoms with Gasteiger partial charge in [-0.25, -0.2) is 5.43 Å². The first-order chi connectivity index (χ1) is 13.1. The molecule has 3 aromatic rings. The number of methoxy groups -OCH3 is 2. The first kappa shape index (κ1) is 18.5. The molecule has 0 fully saturated rings. The van der Waals surface area contributed by atoms with E-state index in [1.54, 1.807) is 32.6 Å². The Morgan fingerprint density at radius 1 is 1.15 bits per heavy atom. The van der Waals surface area contributed by atoms with E-state index in [1.165, 1.54) is 10.9 Å². The summed E-state index contributed by atoms with van der Waals surface area (Å²) < 4.78 is 12.6. The molecule has 0 radical (unpaired) electrons.